The van der Waals surface area contributed by atoms with Crippen LogP contribution >= 0.6 is 0 Å². The average molecular weight is 895 g/mol. The molecule has 3 N–H and O–H groups in total. The first kappa shape index (κ1) is 41.9. The van der Waals surface area contributed by atoms with Gasteiger partial charge in [0.25, 0.3) is 5.91 Å². The summed E-state index contributed by atoms with van der Waals surface area (Å²) in [6, 6.07) is 16.9. The molecule has 5 aromatic rings. The highest BCUT2D eigenvalue weighted by atomic mass is 32.2. The SMILES string of the molecule is O=C1CC[C@H](N2Cc3cc(C4CN(CC5CCN(c6ccc(-c7cnc8[nH]cc(C(=O)c9c(F)ccc(NS(=O)(=O)N%10CC[C@@H](F)C%10)c9F)c8c7)cc6)CC5)C4)ccc3C2=O)C(=O)N1. The van der Waals surface area contributed by atoms with Gasteiger partial charge < -0.3 is 19.7 Å². The minimum atomic E-state index is -4.35. The smallest absolute Gasteiger partial charge is 0.301 e. The Bertz CT molecular complexity index is 2830. The molecule has 0 bridgehead atoms. The molecular formula is C46H45F3N8O6S. The predicted octanol–water partition coefficient (Wildman–Crippen LogP) is 5.52. The zero-order valence-corrected chi connectivity index (χ0v) is 35.5. The van der Waals surface area contributed by atoms with Gasteiger partial charge in [0, 0.05) is 105 Å². The van der Waals surface area contributed by atoms with Gasteiger partial charge in [-0.25, -0.2) is 18.2 Å². The lowest BCUT2D eigenvalue weighted by atomic mass is 9.87. The number of carbonyl (C=O) groups excluding carboxylic acids is 4. The van der Waals surface area contributed by atoms with Gasteiger partial charge in [-0.1, -0.05) is 24.3 Å². The number of benzene rings is 3. The fraction of sp³-hybridized carbons (Fsp3) is 0.370. The first-order valence-electron chi connectivity index (χ1n) is 21.6. The first-order valence-corrected chi connectivity index (χ1v) is 23.0. The van der Waals surface area contributed by atoms with Crippen LogP contribution in [0.4, 0.5) is 24.5 Å². The van der Waals surface area contributed by atoms with Gasteiger partial charge in [0.2, 0.25) is 17.6 Å². The molecule has 0 spiro atoms. The molecule has 64 heavy (non-hydrogen) atoms. The second-order valence-electron chi connectivity index (χ2n) is 17.5. The number of piperidine rings is 2. The summed E-state index contributed by atoms with van der Waals surface area (Å²) in [5, 5.41) is 2.69. The fourth-order valence-electron chi connectivity index (χ4n) is 9.81. The molecule has 0 saturated carbocycles. The number of likely N-dealkylation sites (tertiary alicyclic amines) is 1. The number of aromatic amines is 1. The van der Waals surface area contributed by atoms with Crippen molar-refractivity contribution in [2.75, 3.05) is 55.4 Å². The lowest BCUT2D eigenvalue weighted by Crippen LogP contribution is -2.52. The van der Waals surface area contributed by atoms with Crippen molar-refractivity contribution in [2.24, 2.45) is 5.92 Å². The number of nitrogens with one attached hydrogen (secondary N) is 3. The highest BCUT2D eigenvalue weighted by Crippen LogP contribution is 2.36. The second-order valence-corrected chi connectivity index (χ2v) is 19.2. The third-order valence-electron chi connectivity index (χ3n) is 13.4. The standard InChI is InChI=1S/C46H45F3N8O6S/c47-32-13-16-56(25-32)64(62,63)53-38-8-7-37(48)41(42(38)49)43(59)36-20-51-44-35(36)18-29(19-50-44)27-1-4-33(5-2-27)55-14-11-26(12-15-55)21-54-22-31(23-54)28-3-6-34-30(17-28)24-57(46(34)61)39-9-10-40(58)52-45(39)60/h1-8,17-20,26,31-32,39,53H,9-16,21-25H2,(H,50,51)(H,52,58,60)/t32-,39+/m1/s1. The lowest BCUT2D eigenvalue weighted by Gasteiger charge is -2.43. The molecule has 18 heteroatoms. The van der Waals surface area contributed by atoms with Gasteiger partial charge in [-0.3, -0.25) is 29.2 Å². The molecule has 0 aliphatic carbocycles. The lowest BCUT2D eigenvalue weighted by molar-refractivity contribution is -0.136. The van der Waals surface area contributed by atoms with Crippen LogP contribution in [0, 0.1) is 17.6 Å². The summed E-state index contributed by atoms with van der Waals surface area (Å²) < 4.78 is 73.1. The van der Waals surface area contributed by atoms with Gasteiger partial charge in [-0.05, 0) is 84.7 Å². The number of hydrogen-bond donors (Lipinski definition) is 3. The van der Waals surface area contributed by atoms with E-state index in [1.165, 1.54) is 11.8 Å². The molecular weight excluding hydrogens is 850 g/mol. The molecule has 7 heterocycles. The maximum absolute atomic E-state index is 15.7. The fourth-order valence-corrected chi connectivity index (χ4v) is 11.1. The minimum Gasteiger partial charge on any atom is -0.372 e. The Kier molecular flexibility index (Phi) is 10.8. The third-order valence-corrected chi connectivity index (χ3v) is 14.9. The van der Waals surface area contributed by atoms with Gasteiger partial charge in [0.1, 0.15) is 23.7 Å². The summed E-state index contributed by atoms with van der Waals surface area (Å²) in [6.07, 6.45) is 4.30. The van der Waals surface area contributed by atoms with Crippen LogP contribution in [0.25, 0.3) is 22.2 Å². The van der Waals surface area contributed by atoms with Crippen molar-refractivity contribution in [3.63, 3.8) is 0 Å². The van der Waals surface area contributed by atoms with E-state index < -0.39 is 57.0 Å². The largest absolute Gasteiger partial charge is 0.372 e. The van der Waals surface area contributed by atoms with Gasteiger partial charge >= 0.3 is 10.2 Å². The van der Waals surface area contributed by atoms with E-state index in [4.69, 9.17) is 0 Å². The number of pyridine rings is 1. The zero-order valence-electron chi connectivity index (χ0n) is 34.7. The van der Waals surface area contributed by atoms with Crippen molar-refractivity contribution in [3.05, 3.63) is 113 Å². The van der Waals surface area contributed by atoms with Gasteiger partial charge in [-0.2, -0.15) is 12.7 Å². The Morgan fingerprint density at radius 2 is 1.67 bits per heavy atom. The van der Waals surface area contributed by atoms with E-state index in [1.54, 1.807) is 17.2 Å². The molecule has 0 unspecified atom stereocenters. The van der Waals surface area contributed by atoms with Crippen LogP contribution in [0.3, 0.4) is 0 Å². The summed E-state index contributed by atoms with van der Waals surface area (Å²) in [5.41, 5.74) is 4.09. The van der Waals surface area contributed by atoms with Crippen LogP contribution in [0.15, 0.2) is 73.1 Å². The number of alkyl halides is 1. The number of anilines is 2. The Morgan fingerprint density at radius 1 is 0.891 bits per heavy atom. The summed E-state index contributed by atoms with van der Waals surface area (Å²) in [4.78, 5) is 64.7. The van der Waals surface area contributed by atoms with Crippen LogP contribution in [-0.4, -0.2) is 114 Å². The monoisotopic (exact) mass is 894 g/mol. The van der Waals surface area contributed by atoms with Gasteiger partial charge in [-0.15, -0.1) is 0 Å². The quantitative estimate of drug-likeness (QED) is 0.114. The summed E-state index contributed by atoms with van der Waals surface area (Å²) >= 11 is 0. The van der Waals surface area contributed by atoms with Crippen LogP contribution in [-0.2, 0) is 26.3 Å². The molecule has 5 aliphatic heterocycles. The van der Waals surface area contributed by atoms with E-state index in [-0.39, 0.29) is 43.3 Å². The molecule has 10 rings (SSSR count). The van der Waals surface area contributed by atoms with Crippen LogP contribution in [0.2, 0.25) is 0 Å². The van der Waals surface area contributed by atoms with E-state index in [0.717, 1.165) is 78.8 Å². The normalized spacial score (nSPS) is 21.4. The number of amides is 3. The van der Waals surface area contributed by atoms with Gasteiger partial charge in [0.05, 0.1) is 11.3 Å². The maximum atomic E-state index is 15.7. The number of halogens is 3. The molecule has 2 atom stereocenters. The van der Waals surface area contributed by atoms with Crippen LogP contribution in [0.1, 0.15) is 75.4 Å². The number of carbonyl (C=O) groups is 4. The molecule has 5 aliphatic rings. The Labute approximate surface area is 367 Å². The molecule has 3 amide bonds. The van der Waals surface area contributed by atoms with Crippen molar-refractivity contribution in [3.8, 4) is 11.1 Å². The first-order chi connectivity index (χ1) is 30.8. The maximum Gasteiger partial charge on any atom is 0.301 e. The minimum absolute atomic E-state index is 0.00351. The number of rotatable bonds is 11. The molecule has 14 nitrogen and oxygen atoms in total. The van der Waals surface area contributed by atoms with Crippen molar-refractivity contribution in [2.45, 2.75) is 56.8 Å². The van der Waals surface area contributed by atoms with E-state index in [1.807, 2.05) is 41.1 Å². The number of H-pyrrole nitrogens is 1. The van der Waals surface area contributed by atoms with E-state index in [0.29, 0.717) is 47.0 Å². The predicted molar refractivity (Wildman–Crippen MR) is 232 cm³/mol. The van der Waals surface area contributed by atoms with Crippen LogP contribution < -0.4 is 14.9 Å². The molecule has 2 aromatic heterocycles. The highest BCUT2D eigenvalue weighted by molar-refractivity contribution is 7.90. The number of imide groups is 1. The summed E-state index contributed by atoms with van der Waals surface area (Å²) in [6.45, 7) is 4.67. The molecule has 4 fully saturated rings. The summed E-state index contributed by atoms with van der Waals surface area (Å²) in [5.74, 6) is -3.46. The van der Waals surface area contributed by atoms with Crippen molar-refractivity contribution < 1.29 is 40.8 Å². The molecule has 332 valence electrons. The molecule has 4 saturated heterocycles. The number of fused-ring (bicyclic) bond motifs is 2. The van der Waals surface area contributed by atoms with E-state index in [9.17, 15) is 32.0 Å². The number of hydrogen-bond acceptors (Lipinski definition) is 9. The van der Waals surface area contributed by atoms with Crippen LogP contribution in [0.5, 0.6) is 0 Å². The molecule has 3 aromatic carbocycles. The van der Waals surface area contributed by atoms with Crippen molar-refractivity contribution >= 4 is 56.1 Å². The van der Waals surface area contributed by atoms with Crippen molar-refractivity contribution in [1.29, 1.82) is 0 Å². The number of nitrogens with zero attached hydrogens (tertiary/aromatic N) is 5. The number of ketones is 1. The topological polar surface area (TPSA) is 168 Å². The number of aromatic nitrogens is 2. The second kappa shape index (κ2) is 16.5. The highest BCUT2D eigenvalue weighted by Gasteiger charge is 2.40. The molecule has 0 radical (unpaired) electrons. The summed E-state index contributed by atoms with van der Waals surface area (Å²) in [7, 11) is -4.35. The average Bonchev–Trinajstić information content (AvgIpc) is 4.00. The van der Waals surface area contributed by atoms with Crippen molar-refractivity contribution in [1.82, 2.24) is 29.4 Å². The van der Waals surface area contributed by atoms with E-state index in [2.05, 4.69) is 31.2 Å². The van der Waals surface area contributed by atoms with E-state index >= 15 is 8.78 Å². The Hall–Kier alpha value is -6.11. The zero-order chi connectivity index (χ0) is 44.4. The third kappa shape index (κ3) is 7.80. The Balaban J connectivity index is 0.738. The van der Waals surface area contributed by atoms with Gasteiger partial charge in [0.15, 0.2) is 5.82 Å². The Morgan fingerprint density at radius 3 is 2.41 bits per heavy atom.